The van der Waals surface area contributed by atoms with E-state index in [2.05, 4.69) is 6.58 Å². The lowest BCUT2D eigenvalue weighted by Crippen LogP contribution is -2.26. The quantitative estimate of drug-likeness (QED) is 0.477. The zero-order chi connectivity index (χ0) is 9.07. The fraction of sp³-hybridized carbons (Fsp3) is 0.625. The molecule has 0 aromatic rings. The third kappa shape index (κ3) is 4.56. The van der Waals surface area contributed by atoms with Gasteiger partial charge in [-0.25, -0.2) is 4.79 Å². The molecule has 11 heavy (non-hydrogen) atoms. The number of carbonyl (C=O) groups is 1. The van der Waals surface area contributed by atoms with Crippen LogP contribution in [0.1, 0.15) is 20.8 Å². The fourth-order valence-corrected chi connectivity index (χ4v) is 0.434. The highest BCUT2D eigenvalue weighted by Gasteiger charge is 2.17. The molecule has 0 aliphatic heterocycles. The van der Waals surface area contributed by atoms with E-state index in [1.807, 2.05) is 0 Å². The van der Waals surface area contributed by atoms with E-state index >= 15 is 0 Å². The first-order valence-corrected chi connectivity index (χ1v) is 3.48. The molecule has 0 radical (unpaired) electrons. The Morgan fingerprint density at radius 1 is 1.55 bits per heavy atom. The molecule has 3 nitrogen and oxygen atoms in total. The lowest BCUT2D eigenvalue weighted by Gasteiger charge is -2.19. The van der Waals surface area contributed by atoms with Crippen LogP contribution in [0, 0.1) is 0 Å². The van der Waals surface area contributed by atoms with E-state index in [0.717, 1.165) is 0 Å². The van der Waals surface area contributed by atoms with Gasteiger partial charge in [0.1, 0.15) is 5.60 Å². The summed E-state index contributed by atoms with van der Waals surface area (Å²) in [5, 5.41) is 0. The first-order valence-electron chi connectivity index (χ1n) is 3.48. The molecule has 3 heteroatoms. The molecule has 0 fully saturated rings. The molecule has 0 aromatic heterocycles. The van der Waals surface area contributed by atoms with Gasteiger partial charge in [-0.2, -0.15) is 0 Å². The van der Waals surface area contributed by atoms with Gasteiger partial charge in [0.05, 0.1) is 0 Å². The van der Waals surface area contributed by atoms with Crippen LogP contribution in [0.5, 0.6) is 0 Å². The standard InChI is InChI=1S/C8H15NO2/c1-6(5-9)7(10)11-8(2,3)4/h1,5,9H2,2-4H3. The molecule has 0 atom stereocenters. The molecule has 0 bridgehead atoms. The van der Waals surface area contributed by atoms with Gasteiger partial charge in [0, 0.05) is 12.1 Å². The fourth-order valence-electron chi connectivity index (χ4n) is 0.434. The minimum absolute atomic E-state index is 0.148. The first kappa shape index (κ1) is 10.2. The summed E-state index contributed by atoms with van der Waals surface area (Å²) in [6.07, 6.45) is 0. The van der Waals surface area contributed by atoms with Crippen LogP contribution in [-0.4, -0.2) is 18.1 Å². The van der Waals surface area contributed by atoms with Gasteiger partial charge in [0.25, 0.3) is 0 Å². The molecule has 64 valence electrons. The van der Waals surface area contributed by atoms with E-state index in [9.17, 15) is 4.79 Å². The lowest BCUT2D eigenvalue weighted by molar-refractivity contribution is -0.149. The summed E-state index contributed by atoms with van der Waals surface area (Å²) in [5.74, 6) is -0.417. The zero-order valence-corrected chi connectivity index (χ0v) is 7.31. The smallest absolute Gasteiger partial charge is 0.335 e. The van der Waals surface area contributed by atoms with Gasteiger partial charge in [-0.15, -0.1) is 0 Å². The number of rotatable bonds is 2. The third-order valence-electron chi connectivity index (χ3n) is 0.934. The van der Waals surface area contributed by atoms with E-state index in [-0.39, 0.29) is 6.54 Å². The number of hydrogen-bond donors (Lipinski definition) is 1. The third-order valence-corrected chi connectivity index (χ3v) is 0.934. The zero-order valence-electron chi connectivity index (χ0n) is 7.31. The minimum Gasteiger partial charge on any atom is -0.457 e. The lowest BCUT2D eigenvalue weighted by atomic mass is 10.2. The summed E-state index contributed by atoms with van der Waals surface area (Å²) in [6.45, 7) is 9.01. The predicted octanol–water partition coefficient (Wildman–Crippen LogP) is 0.843. The molecule has 0 saturated carbocycles. The van der Waals surface area contributed by atoms with Crippen LogP contribution in [0.25, 0.3) is 0 Å². The average Bonchev–Trinajstić information content (AvgIpc) is 1.82. The summed E-state index contributed by atoms with van der Waals surface area (Å²) < 4.78 is 4.97. The Balaban J connectivity index is 3.99. The molecule has 0 saturated heterocycles. The van der Waals surface area contributed by atoms with Gasteiger partial charge in [0.2, 0.25) is 0 Å². The van der Waals surface area contributed by atoms with E-state index < -0.39 is 11.6 Å². The molecule has 0 rings (SSSR count). The number of hydrogen-bond acceptors (Lipinski definition) is 3. The Hall–Kier alpha value is -0.830. The molecule has 0 aliphatic rings. The van der Waals surface area contributed by atoms with Crippen LogP contribution >= 0.6 is 0 Å². The van der Waals surface area contributed by atoms with Gasteiger partial charge in [-0.1, -0.05) is 6.58 Å². The molecule has 0 amide bonds. The van der Waals surface area contributed by atoms with Crippen molar-refractivity contribution in [2.75, 3.05) is 6.54 Å². The summed E-state index contributed by atoms with van der Waals surface area (Å²) in [4.78, 5) is 11.0. The Morgan fingerprint density at radius 3 is 2.27 bits per heavy atom. The Labute approximate surface area is 67.2 Å². The highest BCUT2D eigenvalue weighted by atomic mass is 16.6. The van der Waals surface area contributed by atoms with Gasteiger partial charge < -0.3 is 10.5 Å². The number of carbonyl (C=O) groups excluding carboxylic acids is 1. The van der Waals surface area contributed by atoms with Crippen LogP contribution in [0.3, 0.4) is 0 Å². The Morgan fingerprint density at radius 2 is 2.00 bits per heavy atom. The van der Waals surface area contributed by atoms with Crippen molar-refractivity contribution in [1.82, 2.24) is 0 Å². The molecule has 0 heterocycles. The van der Waals surface area contributed by atoms with Crippen molar-refractivity contribution < 1.29 is 9.53 Å². The second-order valence-corrected chi connectivity index (χ2v) is 3.31. The average molecular weight is 157 g/mol. The number of esters is 1. The van der Waals surface area contributed by atoms with Crippen molar-refractivity contribution in [2.24, 2.45) is 5.73 Å². The maximum Gasteiger partial charge on any atom is 0.335 e. The number of ether oxygens (including phenoxy) is 1. The Kier molecular flexibility index (Phi) is 3.26. The molecule has 0 spiro atoms. The molecular formula is C8H15NO2. The van der Waals surface area contributed by atoms with Crippen molar-refractivity contribution >= 4 is 5.97 Å². The summed E-state index contributed by atoms with van der Waals surface area (Å²) in [7, 11) is 0. The van der Waals surface area contributed by atoms with E-state index in [1.54, 1.807) is 20.8 Å². The summed E-state index contributed by atoms with van der Waals surface area (Å²) in [5.41, 5.74) is 5.03. The van der Waals surface area contributed by atoms with Crippen LogP contribution < -0.4 is 5.73 Å². The molecule has 0 aromatic carbocycles. The van der Waals surface area contributed by atoms with Crippen molar-refractivity contribution in [3.63, 3.8) is 0 Å². The van der Waals surface area contributed by atoms with Crippen LogP contribution in [0.4, 0.5) is 0 Å². The monoisotopic (exact) mass is 157 g/mol. The highest BCUT2D eigenvalue weighted by molar-refractivity contribution is 5.88. The van der Waals surface area contributed by atoms with Crippen LogP contribution in [0.15, 0.2) is 12.2 Å². The number of nitrogens with two attached hydrogens (primary N) is 1. The van der Waals surface area contributed by atoms with Gasteiger partial charge in [-0.05, 0) is 20.8 Å². The topological polar surface area (TPSA) is 52.3 Å². The van der Waals surface area contributed by atoms with E-state index in [0.29, 0.717) is 5.57 Å². The summed E-state index contributed by atoms with van der Waals surface area (Å²) in [6, 6.07) is 0. The first-order chi connectivity index (χ1) is 4.87. The Bertz CT molecular complexity index is 167. The second-order valence-electron chi connectivity index (χ2n) is 3.31. The minimum atomic E-state index is -0.463. The van der Waals surface area contributed by atoms with Crippen LogP contribution in [0.2, 0.25) is 0 Å². The molecule has 0 unspecified atom stereocenters. The van der Waals surface area contributed by atoms with Crippen molar-refractivity contribution in [3.05, 3.63) is 12.2 Å². The van der Waals surface area contributed by atoms with Gasteiger partial charge >= 0.3 is 5.97 Å². The molecule has 0 aliphatic carbocycles. The van der Waals surface area contributed by atoms with Crippen molar-refractivity contribution in [2.45, 2.75) is 26.4 Å². The predicted molar refractivity (Wildman–Crippen MR) is 44.0 cm³/mol. The molecule has 2 N–H and O–H groups in total. The maximum atomic E-state index is 11.0. The van der Waals surface area contributed by atoms with E-state index in [1.165, 1.54) is 0 Å². The van der Waals surface area contributed by atoms with Gasteiger partial charge in [-0.3, -0.25) is 0 Å². The normalized spacial score (nSPS) is 10.9. The largest absolute Gasteiger partial charge is 0.457 e. The van der Waals surface area contributed by atoms with Gasteiger partial charge in [0.15, 0.2) is 0 Å². The van der Waals surface area contributed by atoms with Crippen LogP contribution in [-0.2, 0) is 9.53 Å². The summed E-state index contributed by atoms with van der Waals surface area (Å²) >= 11 is 0. The van der Waals surface area contributed by atoms with Crippen molar-refractivity contribution in [3.8, 4) is 0 Å². The highest BCUT2D eigenvalue weighted by Crippen LogP contribution is 2.09. The maximum absolute atomic E-state index is 11.0. The second kappa shape index (κ2) is 3.53. The SMILES string of the molecule is C=C(CN)C(=O)OC(C)(C)C. The van der Waals surface area contributed by atoms with Crippen molar-refractivity contribution in [1.29, 1.82) is 0 Å². The van der Waals surface area contributed by atoms with E-state index in [4.69, 9.17) is 10.5 Å². The molecular weight excluding hydrogens is 142 g/mol.